The second kappa shape index (κ2) is 8.92. The fraction of sp³-hybridized carbons (Fsp3) is 0.478. The number of nitrogens with zero attached hydrogens (tertiary/aromatic N) is 2. The molecule has 2 N–H and O–H groups in total. The Labute approximate surface area is 177 Å². The fourth-order valence-corrected chi connectivity index (χ4v) is 4.11. The fourth-order valence-electron chi connectivity index (χ4n) is 4.11. The minimum absolute atomic E-state index is 0.219. The highest BCUT2D eigenvalue weighted by atomic mass is 16.5. The van der Waals surface area contributed by atoms with Crippen molar-refractivity contribution in [3.05, 3.63) is 47.2 Å². The number of aliphatic hydroxyl groups excluding tert-OH is 1. The molecule has 2 heterocycles. The minimum Gasteiger partial charge on any atom is -0.497 e. The van der Waals surface area contributed by atoms with Gasteiger partial charge in [0.2, 0.25) is 0 Å². The van der Waals surface area contributed by atoms with Crippen molar-refractivity contribution in [2.75, 3.05) is 32.2 Å². The van der Waals surface area contributed by atoms with Crippen molar-refractivity contribution < 1.29 is 19.4 Å². The summed E-state index contributed by atoms with van der Waals surface area (Å²) in [5, 5.41) is 13.2. The number of ether oxygens (including phenoxy) is 2. The Morgan fingerprint density at radius 1 is 1.30 bits per heavy atom. The van der Waals surface area contributed by atoms with E-state index in [9.17, 15) is 9.90 Å². The van der Waals surface area contributed by atoms with Gasteiger partial charge >= 0.3 is 0 Å². The molecule has 160 valence electrons. The number of anilines is 1. The summed E-state index contributed by atoms with van der Waals surface area (Å²) < 4.78 is 11.2. The van der Waals surface area contributed by atoms with Gasteiger partial charge in [-0.2, -0.15) is 0 Å². The molecule has 0 spiro atoms. The van der Waals surface area contributed by atoms with Crippen molar-refractivity contribution in [1.82, 2.24) is 10.3 Å². The van der Waals surface area contributed by atoms with E-state index in [1.807, 2.05) is 42.3 Å². The van der Waals surface area contributed by atoms with Crippen molar-refractivity contribution in [2.24, 2.45) is 0 Å². The summed E-state index contributed by atoms with van der Waals surface area (Å²) in [6, 6.07) is 9.46. The Hall–Kier alpha value is -2.80. The highest BCUT2D eigenvalue weighted by Gasteiger charge is 2.28. The number of aromatic nitrogens is 1. The number of nitrogens with one attached hydrogen (secondary N) is 1. The van der Waals surface area contributed by atoms with E-state index in [0.717, 1.165) is 48.3 Å². The summed E-state index contributed by atoms with van der Waals surface area (Å²) in [6.45, 7) is 1.30. The number of amides is 1. The highest BCUT2D eigenvalue weighted by molar-refractivity contribution is 5.93. The molecule has 4 rings (SSSR count). The van der Waals surface area contributed by atoms with Gasteiger partial charge in [-0.3, -0.25) is 4.79 Å². The summed E-state index contributed by atoms with van der Waals surface area (Å²) in [6.07, 6.45) is 3.65. The lowest BCUT2D eigenvalue weighted by Gasteiger charge is -2.30. The molecular weight excluding hydrogens is 382 g/mol. The van der Waals surface area contributed by atoms with E-state index < -0.39 is 6.10 Å². The molecule has 1 aromatic heterocycles. The molecule has 0 saturated heterocycles. The van der Waals surface area contributed by atoms with Crippen molar-refractivity contribution in [1.29, 1.82) is 0 Å². The van der Waals surface area contributed by atoms with Crippen LogP contribution in [0.4, 0.5) is 5.82 Å². The number of carbonyl (C=O) groups is 1. The molecule has 2 atom stereocenters. The second-order valence-corrected chi connectivity index (χ2v) is 8.05. The van der Waals surface area contributed by atoms with Crippen LogP contribution in [0, 0.1) is 0 Å². The van der Waals surface area contributed by atoms with Gasteiger partial charge in [0.25, 0.3) is 5.91 Å². The maximum atomic E-state index is 13.0. The van der Waals surface area contributed by atoms with Crippen LogP contribution in [0.25, 0.3) is 0 Å². The summed E-state index contributed by atoms with van der Waals surface area (Å²) in [4.78, 5) is 19.6. The first-order valence-electron chi connectivity index (χ1n) is 10.5. The molecule has 1 saturated carbocycles. The van der Waals surface area contributed by atoms with E-state index in [1.54, 1.807) is 7.11 Å². The summed E-state index contributed by atoms with van der Waals surface area (Å²) in [5.41, 5.74) is 2.37. The van der Waals surface area contributed by atoms with Gasteiger partial charge in [0, 0.05) is 19.0 Å². The van der Waals surface area contributed by atoms with Gasteiger partial charge in [0.05, 0.1) is 25.8 Å². The third-order valence-electron chi connectivity index (χ3n) is 5.90. The molecule has 1 aliphatic carbocycles. The minimum atomic E-state index is -0.495. The average molecular weight is 412 g/mol. The summed E-state index contributed by atoms with van der Waals surface area (Å²) in [7, 11) is 3.60. The van der Waals surface area contributed by atoms with E-state index in [-0.39, 0.29) is 11.9 Å². The lowest BCUT2D eigenvalue weighted by atomic mass is 9.92. The van der Waals surface area contributed by atoms with Gasteiger partial charge in [-0.05, 0) is 36.6 Å². The monoisotopic (exact) mass is 411 g/mol. The molecule has 1 aromatic carbocycles. The molecule has 1 amide bonds. The molecule has 7 heteroatoms. The predicted octanol–water partition coefficient (Wildman–Crippen LogP) is 2.54. The van der Waals surface area contributed by atoms with Crippen LogP contribution < -0.4 is 19.7 Å². The SMILES string of the molecule is COc1ccc(Cc2cc(C(=O)N[C@H]3CCCC[C@@H]3O)nc3c2OCCN3C)cc1. The maximum absolute atomic E-state index is 13.0. The molecule has 7 nitrogen and oxygen atoms in total. The van der Waals surface area contributed by atoms with Gasteiger partial charge in [0.15, 0.2) is 11.6 Å². The number of hydrogen-bond donors (Lipinski definition) is 2. The van der Waals surface area contributed by atoms with E-state index in [1.165, 1.54) is 0 Å². The van der Waals surface area contributed by atoms with Crippen molar-refractivity contribution in [3.8, 4) is 11.5 Å². The first kappa shape index (κ1) is 20.5. The molecular formula is C23H29N3O4. The molecule has 1 aliphatic heterocycles. The average Bonchev–Trinajstić information content (AvgIpc) is 2.76. The Morgan fingerprint density at radius 2 is 2.07 bits per heavy atom. The zero-order valence-corrected chi connectivity index (χ0v) is 17.6. The first-order chi connectivity index (χ1) is 14.5. The van der Waals surface area contributed by atoms with Gasteiger partial charge in [0.1, 0.15) is 18.1 Å². The van der Waals surface area contributed by atoms with E-state index in [4.69, 9.17) is 9.47 Å². The maximum Gasteiger partial charge on any atom is 0.270 e. The number of methoxy groups -OCH3 is 1. The molecule has 0 bridgehead atoms. The number of aliphatic hydroxyl groups is 1. The van der Waals surface area contributed by atoms with Crippen LogP contribution in [0.2, 0.25) is 0 Å². The number of pyridine rings is 1. The van der Waals surface area contributed by atoms with E-state index >= 15 is 0 Å². The summed E-state index contributed by atoms with van der Waals surface area (Å²) in [5.74, 6) is 1.96. The van der Waals surface area contributed by atoms with Crippen molar-refractivity contribution >= 4 is 11.7 Å². The van der Waals surface area contributed by atoms with E-state index in [2.05, 4.69) is 10.3 Å². The molecule has 0 unspecified atom stereocenters. The van der Waals surface area contributed by atoms with Crippen molar-refractivity contribution in [2.45, 2.75) is 44.2 Å². The van der Waals surface area contributed by atoms with Crippen LogP contribution in [-0.2, 0) is 6.42 Å². The van der Waals surface area contributed by atoms with Crippen LogP contribution in [0.5, 0.6) is 11.5 Å². The second-order valence-electron chi connectivity index (χ2n) is 8.05. The molecule has 1 fully saturated rings. The standard InChI is InChI=1S/C23H29N3O4/c1-26-11-12-30-21-16(13-15-7-9-17(29-2)10-8-15)14-19(24-22(21)26)23(28)25-18-5-3-4-6-20(18)27/h7-10,14,18,20,27H,3-6,11-13H2,1-2H3,(H,25,28)/t18-,20-/m0/s1. The van der Waals surface area contributed by atoms with Gasteiger partial charge in [-0.15, -0.1) is 0 Å². The molecule has 2 aromatic rings. The summed E-state index contributed by atoms with van der Waals surface area (Å²) >= 11 is 0. The van der Waals surface area contributed by atoms with Crippen LogP contribution in [0.3, 0.4) is 0 Å². The molecule has 2 aliphatic rings. The van der Waals surface area contributed by atoms with E-state index in [0.29, 0.717) is 31.1 Å². The quantitative estimate of drug-likeness (QED) is 0.787. The van der Waals surface area contributed by atoms with Gasteiger partial charge in [-0.25, -0.2) is 4.98 Å². The molecule has 0 radical (unpaired) electrons. The lowest BCUT2D eigenvalue weighted by Crippen LogP contribution is -2.45. The number of rotatable bonds is 5. The number of benzene rings is 1. The highest BCUT2D eigenvalue weighted by Crippen LogP contribution is 2.35. The Balaban J connectivity index is 1.63. The van der Waals surface area contributed by atoms with Crippen LogP contribution in [-0.4, -0.2) is 55.5 Å². The number of likely N-dealkylation sites (N-methyl/N-ethyl adjacent to an activating group) is 1. The topological polar surface area (TPSA) is 83.9 Å². The largest absolute Gasteiger partial charge is 0.497 e. The third kappa shape index (κ3) is 4.36. The normalized spacial score (nSPS) is 20.8. The Bertz CT molecular complexity index is 900. The van der Waals surface area contributed by atoms with Gasteiger partial charge in [-0.1, -0.05) is 25.0 Å². The smallest absolute Gasteiger partial charge is 0.270 e. The van der Waals surface area contributed by atoms with Gasteiger partial charge < -0.3 is 24.8 Å². The zero-order valence-electron chi connectivity index (χ0n) is 17.6. The van der Waals surface area contributed by atoms with Crippen molar-refractivity contribution in [3.63, 3.8) is 0 Å². The first-order valence-corrected chi connectivity index (χ1v) is 10.5. The lowest BCUT2D eigenvalue weighted by molar-refractivity contribution is 0.0713. The zero-order chi connectivity index (χ0) is 21.1. The number of carbonyl (C=O) groups excluding carboxylic acids is 1. The number of hydrogen-bond acceptors (Lipinski definition) is 6. The number of fused-ring (bicyclic) bond motifs is 1. The third-order valence-corrected chi connectivity index (χ3v) is 5.90. The van der Waals surface area contributed by atoms with Crippen LogP contribution in [0.1, 0.15) is 47.3 Å². The Morgan fingerprint density at radius 3 is 2.80 bits per heavy atom. The molecule has 30 heavy (non-hydrogen) atoms. The van der Waals surface area contributed by atoms with Crippen LogP contribution in [0.15, 0.2) is 30.3 Å². The Kier molecular flexibility index (Phi) is 6.08. The predicted molar refractivity (Wildman–Crippen MR) is 115 cm³/mol. The van der Waals surface area contributed by atoms with Crippen LogP contribution >= 0.6 is 0 Å².